The highest BCUT2D eigenvalue weighted by atomic mass is 32.1. The van der Waals surface area contributed by atoms with Gasteiger partial charge in [0.15, 0.2) is 5.01 Å². The maximum atomic E-state index is 11.8. The van der Waals surface area contributed by atoms with Gasteiger partial charge >= 0.3 is 0 Å². The molecular weight excluding hydrogens is 236 g/mol. The molecule has 0 atom stereocenters. The predicted molar refractivity (Wildman–Crippen MR) is 67.8 cm³/mol. The molecule has 1 heterocycles. The van der Waals surface area contributed by atoms with Gasteiger partial charge in [-0.1, -0.05) is 6.07 Å². The second-order valence-corrected chi connectivity index (χ2v) is 4.34. The van der Waals surface area contributed by atoms with Crippen molar-refractivity contribution in [3.63, 3.8) is 0 Å². The molecule has 0 fully saturated rings. The molecule has 1 aromatic heterocycles. The Labute approximate surface area is 103 Å². The SMILES string of the molecule is COc1cccc(NC(=O)c2nc(C)cs2)c1. The molecule has 0 aliphatic carbocycles. The van der Waals surface area contributed by atoms with Gasteiger partial charge in [0.2, 0.25) is 0 Å². The number of benzene rings is 1. The molecule has 4 nitrogen and oxygen atoms in total. The van der Waals surface area contributed by atoms with Crippen LogP contribution in [0, 0.1) is 6.92 Å². The summed E-state index contributed by atoms with van der Waals surface area (Å²) in [4.78, 5) is 15.9. The molecule has 1 amide bonds. The minimum atomic E-state index is -0.198. The molecule has 17 heavy (non-hydrogen) atoms. The van der Waals surface area contributed by atoms with Crippen LogP contribution in [0.2, 0.25) is 0 Å². The van der Waals surface area contributed by atoms with Gasteiger partial charge in [0, 0.05) is 22.8 Å². The summed E-state index contributed by atoms with van der Waals surface area (Å²) in [5.41, 5.74) is 1.55. The number of anilines is 1. The van der Waals surface area contributed by atoms with Crippen LogP contribution in [0.3, 0.4) is 0 Å². The lowest BCUT2D eigenvalue weighted by molar-refractivity contribution is 0.102. The van der Waals surface area contributed by atoms with E-state index in [0.29, 0.717) is 16.4 Å². The monoisotopic (exact) mass is 248 g/mol. The number of rotatable bonds is 3. The zero-order valence-corrected chi connectivity index (χ0v) is 10.4. The van der Waals surface area contributed by atoms with Crippen LogP contribution in [0.25, 0.3) is 0 Å². The fourth-order valence-electron chi connectivity index (χ4n) is 1.34. The highest BCUT2D eigenvalue weighted by Crippen LogP contribution is 2.18. The van der Waals surface area contributed by atoms with Crippen LogP contribution in [0.15, 0.2) is 29.6 Å². The Morgan fingerprint density at radius 1 is 1.47 bits per heavy atom. The third-order valence-electron chi connectivity index (χ3n) is 2.14. The van der Waals surface area contributed by atoms with E-state index in [-0.39, 0.29) is 5.91 Å². The number of carbonyl (C=O) groups is 1. The number of aryl methyl sites for hydroxylation is 1. The second-order valence-electron chi connectivity index (χ2n) is 3.48. The first-order valence-corrected chi connectivity index (χ1v) is 5.94. The van der Waals surface area contributed by atoms with Gasteiger partial charge in [-0.15, -0.1) is 11.3 Å². The van der Waals surface area contributed by atoms with E-state index in [1.807, 2.05) is 24.4 Å². The van der Waals surface area contributed by atoms with Crippen LogP contribution in [-0.4, -0.2) is 18.0 Å². The van der Waals surface area contributed by atoms with Gasteiger partial charge < -0.3 is 10.1 Å². The van der Waals surface area contributed by atoms with E-state index in [1.165, 1.54) is 11.3 Å². The topological polar surface area (TPSA) is 51.2 Å². The maximum Gasteiger partial charge on any atom is 0.284 e. The van der Waals surface area contributed by atoms with Crippen molar-refractivity contribution >= 4 is 22.9 Å². The Balaban J connectivity index is 2.12. The number of hydrogen-bond acceptors (Lipinski definition) is 4. The lowest BCUT2D eigenvalue weighted by atomic mass is 10.3. The summed E-state index contributed by atoms with van der Waals surface area (Å²) >= 11 is 1.33. The number of aromatic nitrogens is 1. The third kappa shape index (κ3) is 2.82. The second kappa shape index (κ2) is 4.97. The Morgan fingerprint density at radius 3 is 2.94 bits per heavy atom. The average molecular weight is 248 g/mol. The molecule has 1 aromatic carbocycles. The Hall–Kier alpha value is -1.88. The van der Waals surface area contributed by atoms with Crippen molar-refractivity contribution in [1.82, 2.24) is 4.98 Å². The van der Waals surface area contributed by atoms with E-state index in [0.717, 1.165) is 5.69 Å². The molecule has 0 aliphatic rings. The highest BCUT2D eigenvalue weighted by Gasteiger charge is 2.10. The van der Waals surface area contributed by atoms with Crippen LogP contribution in [0.1, 0.15) is 15.5 Å². The molecular formula is C12H12N2O2S. The third-order valence-corrected chi connectivity index (χ3v) is 3.10. The first-order chi connectivity index (χ1) is 8.19. The van der Waals surface area contributed by atoms with E-state index in [9.17, 15) is 4.79 Å². The van der Waals surface area contributed by atoms with Crippen molar-refractivity contribution in [2.24, 2.45) is 0 Å². The number of nitrogens with zero attached hydrogens (tertiary/aromatic N) is 1. The molecule has 2 rings (SSSR count). The summed E-state index contributed by atoms with van der Waals surface area (Å²) < 4.78 is 5.08. The molecule has 0 saturated heterocycles. The first-order valence-electron chi connectivity index (χ1n) is 5.06. The van der Waals surface area contributed by atoms with E-state index < -0.39 is 0 Å². The van der Waals surface area contributed by atoms with Crippen molar-refractivity contribution in [1.29, 1.82) is 0 Å². The quantitative estimate of drug-likeness (QED) is 0.908. The minimum absolute atomic E-state index is 0.198. The number of ether oxygens (including phenoxy) is 1. The Bertz CT molecular complexity index is 537. The summed E-state index contributed by atoms with van der Waals surface area (Å²) in [6, 6.07) is 7.21. The fraction of sp³-hybridized carbons (Fsp3) is 0.167. The number of nitrogens with one attached hydrogen (secondary N) is 1. The number of carbonyl (C=O) groups excluding carboxylic acids is 1. The molecule has 0 saturated carbocycles. The van der Waals surface area contributed by atoms with Gasteiger partial charge in [0.25, 0.3) is 5.91 Å². The van der Waals surface area contributed by atoms with E-state index >= 15 is 0 Å². The molecule has 0 unspecified atom stereocenters. The van der Waals surface area contributed by atoms with Crippen molar-refractivity contribution in [3.8, 4) is 5.75 Å². The maximum absolute atomic E-state index is 11.8. The van der Waals surface area contributed by atoms with Crippen LogP contribution in [0.5, 0.6) is 5.75 Å². The summed E-state index contributed by atoms with van der Waals surface area (Å²) in [6.07, 6.45) is 0. The molecule has 1 N–H and O–H groups in total. The first kappa shape index (κ1) is 11.6. The molecule has 5 heteroatoms. The zero-order valence-electron chi connectivity index (χ0n) is 9.56. The van der Waals surface area contributed by atoms with Gasteiger partial charge in [-0.2, -0.15) is 0 Å². The van der Waals surface area contributed by atoms with E-state index in [4.69, 9.17) is 4.74 Å². The summed E-state index contributed by atoms with van der Waals surface area (Å²) in [5.74, 6) is 0.509. The molecule has 0 aliphatic heterocycles. The van der Waals surface area contributed by atoms with Gasteiger partial charge in [0.05, 0.1) is 7.11 Å². The van der Waals surface area contributed by atoms with Crippen molar-refractivity contribution < 1.29 is 9.53 Å². The Kier molecular flexibility index (Phi) is 3.39. The fourth-order valence-corrected chi connectivity index (χ4v) is 2.03. The van der Waals surface area contributed by atoms with Crippen molar-refractivity contribution in [2.45, 2.75) is 6.92 Å². The van der Waals surface area contributed by atoms with Gasteiger partial charge in [0.1, 0.15) is 5.75 Å². The highest BCUT2D eigenvalue weighted by molar-refractivity contribution is 7.11. The average Bonchev–Trinajstić information content (AvgIpc) is 2.76. The minimum Gasteiger partial charge on any atom is -0.497 e. The van der Waals surface area contributed by atoms with Crippen LogP contribution in [0.4, 0.5) is 5.69 Å². The van der Waals surface area contributed by atoms with E-state index in [1.54, 1.807) is 19.2 Å². The predicted octanol–water partition coefficient (Wildman–Crippen LogP) is 2.71. The number of amides is 1. The Morgan fingerprint density at radius 2 is 2.29 bits per heavy atom. The molecule has 0 radical (unpaired) electrons. The zero-order chi connectivity index (χ0) is 12.3. The summed E-state index contributed by atoms with van der Waals surface area (Å²) in [6.45, 7) is 1.86. The van der Waals surface area contributed by atoms with Gasteiger partial charge in [-0.05, 0) is 19.1 Å². The number of methoxy groups -OCH3 is 1. The summed E-state index contributed by atoms with van der Waals surface area (Å²) in [5, 5.41) is 5.09. The lowest BCUT2D eigenvalue weighted by Crippen LogP contribution is -2.11. The summed E-state index contributed by atoms with van der Waals surface area (Å²) in [7, 11) is 1.59. The smallest absolute Gasteiger partial charge is 0.284 e. The molecule has 2 aromatic rings. The molecule has 0 spiro atoms. The van der Waals surface area contributed by atoms with E-state index in [2.05, 4.69) is 10.3 Å². The van der Waals surface area contributed by atoms with Crippen molar-refractivity contribution in [2.75, 3.05) is 12.4 Å². The molecule has 0 bridgehead atoms. The van der Waals surface area contributed by atoms with Crippen LogP contribution >= 0.6 is 11.3 Å². The standard InChI is InChI=1S/C12H12N2O2S/c1-8-7-17-12(13-8)11(15)14-9-4-3-5-10(6-9)16-2/h3-7H,1-2H3,(H,14,15). The normalized spacial score (nSPS) is 10.0. The number of hydrogen-bond donors (Lipinski definition) is 1. The van der Waals surface area contributed by atoms with Crippen LogP contribution in [-0.2, 0) is 0 Å². The van der Waals surface area contributed by atoms with Gasteiger partial charge in [-0.25, -0.2) is 4.98 Å². The number of thiazole rings is 1. The molecule has 88 valence electrons. The van der Waals surface area contributed by atoms with Crippen LogP contribution < -0.4 is 10.1 Å². The van der Waals surface area contributed by atoms with Gasteiger partial charge in [-0.3, -0.25) is 4.79 Å². The largest absolute Gasteiger partial charge is 0.497 e. The lowest BCUT2D eigenvalue weighted by Gasteiger charge is -2.05. The van der Waals surface area contributed by atoms with Crippen molar-refractivity contribution in [3.05, 3.63) is 40.3 Å².